The second kappa shape index (κ2) is 7.29. The maximum atomic E-state index is 10.9. The summed E-state index contributed by atoms with van der Waals surface area (Å²) in [6, 6.07) is 0. The van der Waals surface area contributed by atoms with Crippen molar-refractivity contribution in [1.82, 2.24) is 0 Å². The van der Waals surface area contributed by atoms with Crippen LogP contribution in [0.3, 0.4) is 0 Å². The smallest absolute Gasteiger partial charge is 0.434 e. The van der Waals surface area contributed by atoms with Crippen LogP contribution in [0, 0.1) is 0 Å². The van der Waals surface area contributed by atoms with Gasteiger partial charge in [-0.15, -0.1) is 0 Å². The van der Waals surface area contributed by atoms with Crippen LogP contribution in [-0.4, -0.2) is 32.1 Å². The van der Waals surface area contributed by atoms with Crippen molar-refractivity contribution < 1.29 is 19.0 Å². The van der Waals surface area contributed by atoms with E-state index in [1.807, 2.05) is 13.8 Å². The molecule has 0 aliphatic heterocycles. The molecular formula is C11H20O4. The quantitative estimate of drug-likeness (QED) is 0.484. The van der Waals surface area contributed by atoms with Gasteiger partial charge in [-0.1, -0.05) is 19.6 Å². The van der Waals surface area contributed by atoms with E-state index in [1.54, 1.807) is 7.11 Å². The summed E-state index contributed by atoms with van der Waals surface area (Å²) < 4.78 is 14.8. The molecule has 15 heavy (non-hydrogen) atoms. The number of hydrogen-bond acceptors (Lipinski definition) is 4. The van der Waals surface area contributed by atoms with Crippen LogP contribution in [0.5, 0.6) is 0 Å². The Morgan fingerprint density at radius 2 is 2.13 bits per heavy atom. The molecule has 4 heteroatoms. The maximum Gasteiger partial charge on any atom is 0.508 e. The standard InChI is InChI=1S/C11H20O4/c1-5-8-14-10(12)15-9-7-11(3,6-2)13-4/h5H,1,6-9H2,2-4H3. The number of rotatable bonds is 7. The normalized spacial score (nSPS) is 14.1. The van der Waals surface area contributed by atoms with Gasteiger partial charge in [0.05, 0.1) is 12.2 Å². The lowest BCUT2D eigenvalue weighted by Gasteiger charge is -2.25. The summed E-state index contributed by atoms with van der Waals surface area (Å²) in [5.41, 5.74) is -0.237. The van der Waals surface area contributed by atoms with E-state index >= 15 is 0 Å². The van der Waals surface area contributed by atoms with Crippen molar-refractivity contribution in [3.8, 4) is 0 Å². The molecule has 4 nitrogen and oxygen atoms in total. The third-order valence-corrected chi connectivity index (χ3v) is 2.41. The summed E-state index contributed by atoms with van der Waals surface area (Å²) in [4.78, 5) is 10.9. The molecule has 0 spiro atoms. The van der Waals surface area contributed by atoms with Crippen LogP contribution in [0.2, 0.25) is 0 Å². The van der Waals surface area contributed by atoms with E-state index in [9.17, 15) is 4.79 Å². The molecule has 0 N–H and O–H groups in total. The molecule has 1 unspecified atom stereocenters. The van der Waals surface area contributed by atoms with Crippen molar-refractivity contribution in [3.05, 3.63) is 12.7 Å². The first-order chi connectivity index (χ1) is 7.08. The molecular weight excluding hydrogens is 196 g/mol. The number of hydrogen-bond donors (Lipinski definition) is 0. The molecule has 0 saturated heterocycles. The predicted molar refractivity (Wildman–Crippen MR) is 57.8 cm³/mol. The molecule has 0 saturated carbocycles. The number of methoxy groups -OCH3 is 1. The van der Waals surface area contributed by atoms with E-state index in [2.05, 4.69) is 11.3 Å². The monoisotopic (exact) mass is 216 g/mol. The Labute approximate surface area is 91.2 Å². The second-order valence-electron chi connectivity index (χ2n) is 3.46. The fraction of sp³-hybridized carbons (Fsp3) is 0.727. The van der Waals surface area contributed by atoms with Crippen molar-refractivity contribution >= 4 is 6.16 Å². The molecule has 0 rings (SSSR count). The van der Waals surface area contributed by atoms with Crippen molar-refractivity contribution in [2.24, 2.45) is 0 Å². The number of carbonyl (C=O) groups excluding carboxylic acids is 1. The lowest BCUT2D eigenvalue weighted by molar-refractivity contribution is -0.0242. The fourth-order valence-corrected chi connectivity index (χ4v) is 0.942. The second-order valence-corrected chi connectivity index (χ2v) is 3.46. The van der Waals surface area contributed by atoms with E-state index in [4.69, 9.17) is 9.47 Å². The van der Waals surface area contributed by atoms with Gasteiger partial charge in [0.1, 0.15) is 6.61 Å². The molecule has 1 atom stereocenters. The Kier molecular flexibility index (Phi) is 6.79. The Balaban J connectivity index is 3.68. The van der Waals surface area contributed by atoms with Gasteiger partial charge in [0.2, 0.25) is 0 Å². The molecule has 0 fully saturated rings. The molecule has 0 aliphatic carbocycles. The first-order valence-electron chi connectivity index (χ1n) is 5.03. The van der Waals surface area contributed by atoms with Crippen LogP contribution in [-0.2, 0) is 14.2 Å². The summed E-state index contributed by atoms with van der Waals surface area (Å²) in [5.74, 6) is 0. The summed E-state index contributed by atoms with van der Waals surface area (Å²) in [6.45, 7) is 7.91. The van der Waals surface area contributed by atoms with Crippen molar-refractivity contribution in [2.75, 3.05) is 20.3 Å². The van der Waals surface area contributed by atoms with Crippen LogP contribution >= 0.6 is 0 Å². The van der Waals surface area contributed by atoms with E-state index < -0.39 is 6.16 Å². The molecule has 0 amide bonds. The largest absolute Gasteiger partial charge is 0.508 e. The van der Waals surface area contributed by atoms with Gasteiger partial charge >= 0.3 is 6.16 Å². The Morgan fingerprint density at radius 3 is 2.60 bits per heavy atom. The highest BCUT2D eigenvalue weighted by atomic mass is 16.7. The van der Waals surface area contributed by atoms with Crippen LogP contribution in [0.25, 0.3) is 0 Å². The molecule has 0 aliphatic rings. The number of carbonyl (C=O) groups is 1. The minimum atomic E-state index is -0.663. The Hall–Kier alpha value is -1.03. The zero-order chi connectivity index (χ0) is 11.7. The van der Waals surface area contributed by atoms with Crippen LogP contribution in [0.15, 0.2) is 12.7 Å². The minimum absolute atomic E-state index is 0.175. The highest BCUT2D eigenvalue weighted by Crippen LogP contribution is 2.18. The van der Waals surface area contributed by atoms with Gasteiger partial charge in [-0.25, -0.2) is 4.79 Å². The van der Waals surface area contributed by atoms with Crippen molar-refractivity contribution in [2.45, 2.75) is 32.3 Å². The van der Waals surface area contributed by atoms with Gasteiger partial charge in [-0.3, -0.25) is 0 Å². The molecule has 0 heterocycles. The third kappa shape index (κ3) is 6.12. The Bertz CT molecular complexity index is 197. The molecule has 0 radical (unpaired) electrons. The molecule has 0 aromatic heterocycles. The molecule has 0 aromatic rings. The predicted octanol–water partition coefficient (Wildman–Crippen LogP) is 2.53. The maximum absolute atomic E-state index is 10.9. The average Bonchev–Trinajstić information content (AvgIpc) is 2.26. The van der Waals surface area contributed by atoms with E-state index in [0.29, 0.717) is 13.0 Å². The van der Waals surface area contributed by atoms with Crippen LogP contribution in [0.1, 0.15) is 26.7 Å². The molecule has 88 valence electrons. The van der Waals surface area contributed by atoms with Gasteiger partial charge in [0, 0.05) is 13.5 Å². The van der Waals surface area contributed by atoms with Crippen molar-refractivity contribution in [1.29, 1.82) is 0 Å². The van der Waals surface area contributed by atoms with Crippen LogP contribution < -0.4 is 0 Å². The highest BCUT2D eigenvalue weighted by molar-refractivity contribution is 5.59. The van der Waals surface area contributed by atoms with Gasteiger partial charge in [0.15, 0.2) is 0 Å². The SMILES string of the molecule is C=CCOC(=O)OCCC(C)(CC)OC. The van der Waals surface area contributed by atoms with Gasteiger partial charge in [-0.05, 0) is 13.3 Å². The number of ether oxygens (including phenoxy) is 3. The molecule has 0 bridgehead atoms. The van der Waals surface area contributed by atoms with Gasteiger partial charge in [-0.2, -0.15) is 0 Å². The summed E-state index contributed by atoms with van der Waals surface area (Å²) in [6.07, 6.45) is 2.36. The minimum Gasteiger partial charge on any atom is -0.434 e. The van der Waals surface area contributed by atoms with Gasteiger partial charge in [0.25, 0.3) is 0 Å². The Morgan fingerprint density at radius 1 is 1.47 bits per heavy atom. The zero-order valence-electron chi connectivity index (χ0n) is 9.75. The molecule has 0 aromatic carbocycles. The van der Waals surface area contributed by atoms with E-state index in [1.165, 1.54) is 6.08 Å². The van der Waals surface area contributed by atoms with Crippen molar-refractivity contribution in [3.63, 3.8) is 0 Å². The topological polar surface area (TPSA) is 44.8 Å². The zero-order valence-corrected chi connectivity index (χ0v) is 9.75. The summed E-state index contributed by atoms with van der Waals surface area (Å²) in [7, 11) is 1.65. The fourth-order valence-electron chi connectivity index (χ4n) is 0.942. The lowest BCUT2D eigenvalue weighted by atomic mass is 10.00. The van der Waals surface area contributed by atoms with Crippen LogP contribution in [0.4, 0.5) is 4.79 Å². The first kappa shape index (κ1) is 14.0. The van der Waals surface area contributed by atoms with Gasteiger partial charge < -0.3 is 14.2 Å². The highest BCUT2D eigenvalue weighted by Gasteiger charge is 2.21. The summed E-state index contributed by atoms with van der Waals surface area (Å²) in [5, 5.41) is 0. The lowest BCUT2D eigenvalue weighted by Crippen LogP contribution is -2.28. The first-order valence-corrected chi connectivity index (χ1v) is 5.03. The summed E-state index contributed by atoms with van der Waals surface area (Å²) >= 11 is 0. The van der Waals surface area contributed by atoms with E-state index in [-0.39, 0.29) is 12.2 Å². The third-order valence-electron chi connectivity index (χ3n) is 2.41. The van der Waals surface area contributed by atoms with E-state index in [0.717, 1.165) is 6.42 Å². The average molecular weight is 216 g/mol.